The zero-order valence-corrected chi connectivity index (χ0v) is 20.6. The van der Waals surface area contributed by atoms with Crippen LogP contribution in [0, 0.1) is 17.8 Å². The van der Waals surface area contributed by atoms with E-state index >= 15 is 0 Å². The number of hydrogen-bond acceptors (Lipinski definition) is 3. The lowest BCUT2D eigenvalue weighted by Gasteiger charge is -2.45. The lowest BCUT2D eigenvalue weighted by Crippen LogP contribution is -2.50. The highest BCUT2D eigenvalue weighted by molar-refractivity contribution is 6.23. The van der Waals surface area contributed by atoms with Gasteiger partial charge in [0.2, 0.25) is 11.8 Å². The molecule has 1 saturated heterocycles. The first-order valence-corrected chi connectivity index (χ1v) is 12.8. The van der Waals surface area contributed by atoms with Crippen molar-refractivity contribution in [1.29, 1.82) is 0 Å². The maximum absolute atomic E-state index is 12.8. The van der Waals surface area contributed by atoms with E-state index in [1.165, 1.54) is 6.08 Å². The van der Waals surface area contributed by atoms with Crippen LogP contribution in [0.25, 0.3) is 0 Å². The Morgan fingerprint density at radius 2 is 1.61 bits per heavy atom. The molecule has 1 aliphatic heterocycles. The first kappa shape index (κ1) is 25.1. The summed E-state index contributed by atoms with van der Waals surface area (Å²) in [4.78, 5) is 28.2. The average molecular weight is 494 g/mol. The number of hydrogen-bond donors (Lipinski definition) is 0. The number of amides is 2. The van der Waals surface area contributed by atoms with Gasteiger partial charge >= 0.3 is 0 Å². The van der Waals surface area contributed by atoms with Gasteiger partial charge in [-0.05, 0) is 62.4 Å². The standard InChI is InChI=1S/C23H35Cl3N2O3/c1-3-22(29)27-8-10-28(11-9-27)23(30)7-4-15-12-17(20(26)14-21(15)31-2)18-13-16(24)5-6-19(18)25/h3,15-21H,1,4-14H2,2H3. The third-order valence-corrected chi connectivity index (χ3v) is 8.91. The molecule has 0 aromatic carbocycles. The molecule has 0 spiro atoms. The summed E-state index contributed by atoms with van der Waals surface area (Å²) in [6, 6.07) is 0. The first-order valence-electron chi connectivity index (χ1n) is 11.5. The Hall–Kier alpha value is -0.490. The van der Waals surface area contributed by atoms with Crippen LogP contribution < -0.4 is 0 Å². The number of piperazine rings is 1. The molecule has 0 bridgehead atoms. The van der Waals surface area contributed by atoms with Crippen LogP contribution in [0.1, 0.15) is 44.9 Å². The van der Waals surface area contributed by atoms with E-state index in [-0.39, 0.29) is 40.0 Å². The molecule has 2 aliphatic carbocycles. The minimum absolute atomic E-state index is 0.0283. The van der Waals surface area contributed by atoms with E-state index in [4.69, 9.17) is 39.5 Å². The van der Waals surface area contributed by atoms with Crippen molar-refractivity contribution in [1.82, 2.24) is 9.80 Å². The molecule has 2 amide bonds. The van der Waals surface area contributed by atoms with Gasteiger partial charge in [0.05, 0.1) is 6.10 Å². The van der Waals surface area contributed by atoms with Crippen LogP contribution in [0.5, 0.6) is 0 Å². The smallest absolute Gasteiger partial charge is 0.246 e. The van der Waals surface area contributed by atoms with Crippen molar-refractivity contribution in [2.75, 3.05) is 33.3 Å². The van der Waals surface area contributed by atoms with Crippen LogP contribution >= 0.6 is 34.8 Å². The fraction of sp³-hybridized carbons (Fsp3) is 0.826. The number of alkyl halides is 3. The Labute approximate surface area is 201 Å². The number of carbonyl (C=O) groups is 2. The molecular formula is C23H35Cl3N2O3. The van der Waals surface area contributed by atoms with Crippen LogP contribution in [0.2, 0.25) is 0 Å². The molecule has 31 heavy (non-hydrogen) atoms. The highest BCUT2D eigenvalue weighted by atomic mass is 35.5. The van der Waals surface area contributed by atoms with Crippen molar-refractivity contribution < 1.29 is 14.3 Å². The minimum atomic E-state index is -0.0709. The van der Waals surface area contributed by atoms with Gasteiger partial charge in [-0.25, -0.2) is 0 Å². The van der Waals surface area contributed by atoms with E-state index in [1.807, 2.05) is 4.90 Å². The van der Waals surface area contributed by atoms with Crippen molar-refractivity contribution in [3.05, 3.63) is 12.7 Å². The molecule has 3 rings (SSSR count). The second-order valence-electron chi connectivity index (χ2n) is 9.22. The van der Waals surface area contributed by atoms with Crippen molar-refractivity contribution in [3.8, 4) is 0 Å². The van der Waals surface area contributed by atoms with Gasteiger partial charge in [-0.3, -0.25) is 9.59 Å². The third-order valence-electron chi connectivity index (χ3n) is 7.47. The predicted molar refractivity (Wildman–Crippen MR) is 126 cm³/mol. The van der Waals surface area contributed by atoms with Crippen LogP contribution in [-0.4, -0.2) is 77.1 Å². The van der Waals surface area contributed by atoms with E-state index in [2.05, 4.69) is 6.58 Å². The van der Waals surface area contributed by atoms with Crippen LogP contribution in [0.4, 0.5) is 0 Å². The second-order valence-corrected chi connectivity index (χ2v) is 11.0. The molecule has 3 aliphatic rings. The average Bonchev–Trinajstić information content (AvgIpc) is 2.79. The number of methoxy groups -OCH3 is 1. The summed E-state index contributed by atoms with van der Waals surface area (Å²) in [5.74, 6) is 1.01. The van der Waals surface area contributed by atoms with Gasteiger partial charge in [0.1, 0.15) is 0 Å². The molecular weight excluding hydrogens is 459 g/mol. The Bertz CT molecular complexity index is 642. The van der Waals surface area contributed by atoms with Gasteiger partial charge in [0.25, 0.3) is 0 Å². The van der Waals surface area contributed by atoms with E-state index in [9.17, 15) is 9.59 Å². The van der Waals surface area contributed by atoms with Gasteiger partial charge in [0.15, 0.2) is 0 Å². The molecule has 0 radical (unpaired) electrons. The summed E-state index contributed by atoms with van der Waals surface area (Å²) in [6.45, 7) is 5.82. The molecule has 0 N–H and O–H groups in total. The Balaban J connectivity index is 1.54. The number of halogens is 3. The zero-order chi connectivity index (χ0) is 22.5. The van der Waals surface area contributed by atoms with Gasteiger partial charge in [0, 0.05) is 55.8 Å². The Kier molecular flexibility index (Phi) is 9.39. The summed E-state index contributed by atoms with van der Waals surface area (Å²) >= 11 is 20.0. The molecule has 7 atom stereocenters. The van der Waals surface area contributed by atoms with Crippen molar-refractivity contribution >= 4 is 46.6 Å². The molecule has 0 aromatic rings. The Morgan fingerprint density at radius 1 is 0.968 bits per heavy atom. The first-order chi connectivity index (χ1) is 14.8. The van der Waals surface area contributed by atoms with E-state index in [0.717, 1.165) is 38.5 Å². The molecule has 7 unspecified atom stereocenters. The van der Waals surface area contributed by atoms with Gasteiger partial charge in [-0.2, -0.15) is 0 Å². The quantitative estimate of drug-likeness (QED) is 0.410. The molecule has 176 valence electrons. The molecule has 1 heterocycles. The predicted octanol–water partition coefficient (Wildman–Crippen LogP) is 4.29. The van der Waals surface area contributed by atoms with Gasteiger partial charge in [-0.1, -0.05) is 6.58 Å². The van der Waals surface area contributed by atoms with Crippen molar-refractivity contribution in [3.63, 3.8) is 0 Å². The van der Waals surface area contributed by atoms with E-state index < -0.39 is 0 Å². The zero-order valence-electron chi connectivity index (χ0n) is 18.4. The van der Waals surface area contributed by atoms with E-state index in [1.54, 1.807) is 12.0 Å². The number of ether oxygens (including phenoxy) is 1. The largest absolute Gasteiger partial charge is 0.381 e. The van der Waals surface area contributed by atoms with Gasteiger partial charge in [-0.15, -0.1) is 34.8 Å². The van der Waals surface area contributed by atoms with E-state index in [0.29, 0.717) is 44.4 Å². The Morgan fingerprint density at radius 3 is 2.26 bits per heavy atom. The normalized spacial score (nSPS) is 36.8. The number of rotatable bonds is 6. The summed E-state index contributed by atoms with van der Waals surface area (Å²) in [7, 11) is 1.74. The molecule has 5 nitrogen and oxygen atoms in total. The highest BCUT2D eigenvalue weighted by Crippen LogP contribution is 2.46. The highest BCUT2D eigenvalue weighted by Gasteiger charge is 2.44. The lowest BCUT2D eigenvalue weighted by atomic mass is 9.68. The topological polar surface area (TPSA) is 49.9 Å². The van der Waals surface area contributed by atoms with Gasteiger partial charge < -0.3 is 14.5 Å². The summed E-state index contributed by atoms with van der Waals surface area (Å²) in [6.07, 6.45) is 7.22. The monoisotopic (exact) mass is 492 g/mol. The van der Waals surface area contributed by atoms with Crippen molar-refractivity contribution in [2.45, 2.75) is 67.2 Å². The second kappa shape index (κ2) is 11.6. The fourth-order valence-electron chi connectivity index (χ4n) is 5.60. The summed E-state index contributed by atoms with van der Waals surface area (Å²) < 4.78 is 5.77. The maximum atomic E-state index is 12.8. The molecule has 3 fully saturated rings. The number of nitrogens with zero attached hydrogens (tertiary/aromatic N) is 2. The van der Waals surface area contributed by atoms with Crippen LogP contribution in [0.15, 0.2) is 12.7 Å². The summed E-state index contributed by atoms with van der Waals surface area (Å²) in [5.41, 5.74) is 0. The minimum Gasteiger partial charge on any atom is -0.381 e. The number of carbonyl (C=O) groups excluding carboxylic acids is 2. The molecule has 2 saturated carbocycles. The SMILES string of the molecule is C=CC(=O)N1CCN(C(=O)CCC2CC(C3CC(Cl)CCC3Cl)C(Cl)CC2OC)CC1. The lowest BCUT2D eigenvalue weighted by molar-refractivity contribution is -0.137. The molecule has 0 aromatic heterocycles. The third kappa shape index (κ3) is 6.31. The van der Waals surface area contributed by atoms with Crippen molar-refractivity contribution in [2.24, 2.45) is 17.8 Å². The fourth-order valence-corrected chi connectivity index (χ4v) is 6.82. The van der Waals surface area contributed by atoms with Crippen LogP contribution in [0.3, 0.4) is 0 Å². The maximum Gasteiger partial charge on any atom is 0.246 e. The summed E-state index contributed by atoms with van der Waals surface area (Å²) in [5, 5.41) is 0.327. The molecule has 8 heteroatoms. The van der Waals surface area contributed by atoms with Crippen LogP contribution in [-0.2, 0) is 14.3 Å².